The third kappa shape index (κ3) is 4.36. The van der Waals surface area contributed by atoms with Crippen molar-refractivity contribution in [3.63, 3.8) is 0 Å². The van der Waals surface area contributed by atoms with Crippen molar-refractivity contribution in [1.82, 2.24) is 4.31 Å². The summed E-state index contributed by atoms with van der Waals surface area (Å²) in [4.78, 5) is 6.81. The lowest BCUT2D eigenvalue weighted by molar-refractivity contribution is 0.474. The van der Waals surface area contributed by atoms with Gasteiger partial charge < -0.3 is 10.0 Å². The number of anilines is 1. The number of benzene rings is 2. The number of hydrogen-bond acceptors (Lipinski definition) is 5. The zero-order valence-electron chi connectivity index (χ0n) is 16.4. The zero-order valence-corrected chi connectivity index (χ0v) is 17.2. The number of aromatic hydroxyl groups is 1. The quantitative estimate of drug-likeness (QED) is 0.717. The van der Waals surface area contributed by atoms with Gasteiger partial charge in [0.05, 0.1) is 10.6 Å². The molecule has 1 aliphatic heterocycles. The van der Waals surface area contributed by atoms with E-state index < -0.39 is 10.0 Å². The van der Waals surface area contributed by atoms with Crippen molar-refractivity contribution in [3.05, 3.63) is 48.0 Å². The molecule has 150 valence electrons. The maximum absolute atomic E-state index is 12.6. The first-order valence-electron chi connectivity index (χ1n) is 9.68. The number of sulfonamides is 1. The molecule has 1 fully saturated rings. The lowest BCUT2D eigenvalue weighted by atomic mass is 10.2. The summed E-state index contributed by atoms with van der Waals surface area (Å²) < 4.78 is 26.6. The average Bonchev–Trinajstić information content (AvgIpc) is 3.24. The Labute approximate surface area is 167 Å². The molecule has 0 saturated carbocycles. The van der Waals surface area contributed by atoms with Crippen LogP contribution in [0.2, 0.25) is 0 Å². The predicted molar refractivity (Wildman–Crippen MR) is 113 cm³/mol. The first kappa shape index (κ1) is 20.4. The van der Waals surface area contributed by atoms with Crippen LogP contribution < -0.4 is 4.90 Å². The van der Waals surface area contributed by atoms with Gasteiger partial charge in [-0.25, -0.2) is 8.42 Å². The second-order valence-electron chi connectivity index (χ2n) is 6.78. The summed E-state index contributed by atoms with van der Waals surface area (Å²) in [5, 5.41) is 10.3. The smallest absolute Gasteiger partial charge is 0.243 e. The Kier molecular flexibility index (Phi) is 6.36. The largest absolute Gasteiger partial charge is 0.507 e. The Morgan fingerprint density at radius 2 is 1.71 bits per heavy atom. The molecule has 3 rings (SSSR count). The molecule has 0 spiro atoms. The number of phenols is 1. The van der Waals surface area contributed by atoms with Crippen LogP contribution in [0, 0.1) is 0 Å². The van der Waals surface area contributed by atoms with Crippen LogP contribution in [0.15, 0.2) is 52.4 Å². The molecule has 0 unspecified atom stereocenters. The van der Waals surface area contributed by atoms with E-state index in [4.69, 9.17) is 0 Å². The molecule has 1 heterocycles. The van der Waals surface area contributed by atoms with Gasteiger partial charge in [0.1, 0.15) is 5.75 Å². The van der Waals surface area contributed by atoms with E-state index in [1.165, 1.54) is 4.31 Å². The molecule has 7 heteroatoms. The van der Waals surface area contributed by atoms with E-state index in [1.54, 1.807) is 36.5 Å². The minimum Gasteiger partial charge on any atom is -0.507 e. The highest BCUT2D eigenvalue weighted by Gasteiger charge is 2.26. The van der Waals surface area contributed by atoms with E-state index >= 15 is 0 Å². The Bertz CT molecular complexity index is 930. The molecule has 1 aliphatic rings. The molecule has 2 aromatic carbocycles. The summed E-state index contributed by atoms with van der Waals surface area (Å²) in [7, 11) is -3.41. The van der Waals surface area contributed by atoms with Gasteiger partial charge in [-0.3, -0.25) is 4.99 Å². The van der Waals surface area contributed by atoms with Crippen molar-refractivity contribution in [2.75, 3.05) is 31.1 Å². The van der Waals surface area contributed by atoms with Crippen LogP contribution in [0.3, 0.4) is 0 Å². The van der Waals surface area contributed by atoms with Gasteiger partial charge in [-0.1, -0.05) is 0 Å². The molecule has 0 atom stereocenters. The summed E-state index contributed by atoms with van der Waals surface area (Å²) >= 11 is 0. The SMILES string of the molecule is CCN(CC)c1ccc(C=Nc2ccc(S(=O)(=O)N3CCCC3)cc2)c(O)c1. The van der Waals surface area contributed by atoms with Gasteiger partial charge in [-0.05, 0) is 63.1 Å². The first-order chi connectivity index (χ1) is 13.5. The number of aliphatic imine (C=N–C) groups is 1. The summed E-state index contributed by atoms with van der Waals surface area (Å²) in [5.41, 5.74) is 2.22. The van der Waals surface area contributed by atoms with E-state index in [0.29, 0.717) is 29.2 Å². The fraction of sp³-hybridized carbons (Fsp3) is 0.381. The topological polar surface area (TPSA) is 73.2 Å². The lowest BCUT2D eigenvalue weighted by Gasteiger charge is -2.21. The average molecular weight is 402 g/mol. The standard InChI is InChI=1S/C21H27N3O3S/c1-3-23(4-2)19-10-7-17(21(25)15-19)16-22-18-8-11-20(12-9-18)28(26,27)24-13-5-6-14-24/h7-12,15-16,25H,3-6,13-14H2,1-2H3. The Hall–Kier alpha value is -2.38. The van der Waals surface area contributed by atoms with Gasteiger partial charge in [0, 0.05) is 49.7 Å². The molecular formula is C21H27N3O3S. The minimum absolute atomic E-state index is 0.168. The minimum atomic E-state index is -3.41. The lowest BCUT2D eigenvalue weighted by Crippen LogP contribution is -2.27. The van der Waals surface area contributed by atoms with E-state index in [-0.39, 0.29) is 5.75 Å². The number of rotatable bonds is 7. The molecule has 2 aromatic rings. The maximum atomic E-state index is 12.6. The van der Waals surface area contributed by atoms with Gasteiger partial charge >= 0.3 is 0 Å². The van der Waals surface area contributed by atoms with Gasteiger partial charge in [0.2, 0.25) is 10.0 Å². The molecule has 0 aliphatic carbocycles. The van der Waals surface area contributed by atoms with Crippen LogP contribution >= 0.6 is 0 Å². The van der Waals surface area contributed by atoms with Crippen molar-refractivity contribution >= 4 is 27.6 Å². The third-order valence-electron chi connectivity index (χ3n) is 5.03. The summed E-state index contributed by atoms with van der Waals surface area (Å²) in [6, 6.07) is 12.1. The molecule has 6 nitrogen and oxygen atoms in total. The molecule has 0 aromatic heterocycles. The molecule has 0 radical (unpaired) electrons. The third-order valence-corrected chi connectivity index (χ3v) is 6.95. The van der Waals surface area contributed by atoms with E-state index in [1.807, 2.05) is 12.1 Å². The van der Waals surface area contributed by atoms with Crippen LogP contribution in [0.1, 0.15) is 32.3 Å². The molecule has 0 amide bonds. The molecule has 0 bridgehead atoms. The van der Waals surface area contributed by atoms with Crippen molar-refractivity contribution in [2.45, 2.75) is 31.6 Å². The molecule has 28 heavy (non-hydrogen) atoms. The van der Waals surface area contributed by atoms with E-state index in [0.717, 1.165) is 31.6 Å². The Morgan fingerprint density at radius 1 is 1.07 bits per heavy atom. The van der Waals surface area contributed by atoms with Crippen LogP contribution in [-0.4, -0.2) is 50.2 Å². The van der Waals surface area contributed by atoms with Gasteiger partial charge in [0.25, 0.3) is 0 Å². The zero-order chi connectivity index (χ0) is 20.1. The van der Waals surface area contributed by atoms with Crippen molar-refractivity contribution < 1.29 is 13.5 Å². The monoisotopic (exact) mass is 401 g/mol. The van der Waals surface area contributed by atoms with Crippen LogP contribution in [-0.2, 0) is 10.0 Å². The van der Waals surface area contributed by atoms with Gasteiger partial charge in [0.15, 0.2) is 0 Å². The highest BCUT2D eigenvalue weighted by atomic mass is 32.2. The van der Waals surface area contributed by atoms with E-state index in [9.17, 15) is 13.5 Å². The normalized spacial score (nSPS) is 15.4. The fourth-order valence-electron chi connectivity index (χ4n) is 3.35. The van der Waals surface area contributed by atoms with Crippen LogP contribution in [0.25, 0.3) is 0 Å². The van der Waals surface area contributed by atoms with Crippen molar-refractivity contribution in [1.29, 1.82) is 0 Å². The Morgan fingerprint density at radius 3 is 2.29 bits per heavy atom. The van der Waals surface area contributed by atoms with Crippen LogP contribution in [0.4, 0.5) is 11.4 Å². The highest BCUT2D eigenvalue weighted by molar-refractivity contribution is 7.89. The predicted octanol–water partition coefficient (Wildman–Crippen LogP) is 3.77. The molecule has 1 N–H and O–H groups in total. The van der Waals surface area contributed by atoms with Gasteiger partial charge in [-0.2, -0.15) is 4.31 Å². The molecular weight excluding hydrogens is 374 g/mol. The summed E-state index contributed by atoms with van der Waals surface area (Å²) in [6.07, 6.45) is 3.42. The second-order valence-corrected chi connectivity index (χ2v) is 8.72. The second kappa shape index (κ2) is 8.75. The number of hydrogen-bond donors (Lipinski definition) is 1. The van der Waals surface area contributed by atoms with Crippen molar-refractivity contribution in [2.24, 2.45) is 4.99 Å². The maximum Gasteiger partial charge on any atom is 0.243 e. The Balaban J connectivity index is 1.74. The highest BCUT2D eigenvalue weighted by Crippen LogP contribution is 2.25. The fourth-order valence-corrected chi connectivity index (χ4v) is 4.87. The van der Waals surface area contributed by atoms with Crippen LogP contribution in [0.5, 0.6) is 5.75 Å². The summed E-state index contributed by atoms with van der Waals surface area (Å²) in [6.45, 7) is 7.06. The van der Waals surface area contributed by atoms with Gasteiger partial charge in [-0.15, -0.1) is 0 Å². The number of phenolic OH excluding ortho intramolecular Hbond substituents is 1. The number of nitrogens with zero attached hydrogens (tertiary/aromatic N) is 3. The first-order valence-corrected chi connectivity index (χ1v) is 11.1. The molecule has 1 saturated heterocycles. The van der Waals surface area contributed by atoms with E-state index in [2.05, 4.69) is 23.7 Å². The van der Waals surface area contributed by atoms with Crippen molar-refractivity contribution in [3.8, 4) is 5.75 Å². The summed E-state index contributed by atoms with van der Waals surface area (Å²) in [5.74, 6) is 0.168.